The molecule has 2 rings (SSSR count). The number of aryl methyl sites for hydroxylation is 2. The minimum absolute atomic E-state index is 0.00516. The molecule has 0 spiro atoms. The minimum atomic E-state index is -3.89. The summed E-state index contributed by atoms with van der Waals surface area (Å²) < 4.78 is 48.5. The second-order valence-corrected chi connectivity index (χ2v) is 11.7. The summed E-state index contributed by atoms with van der Waals surface area (Å²) in [4.78, 5) is 13.1. The summed E-state index contributed by atoms with van der Waals surface area (Å²) in [6.07, 6.45) is 1.83. The Morgan fingerprint density at radius 2 is 1.73 bits per heavy atom. The van der Waals surface area contributed by atoms with Crippen LogP contribution in [0.4, 0.5) is 0 Å². The van der Waals surface area contributed by atoms with E-state index < -0.39 is 30.3 Å². The number of nitrogens with one attached hydrogen (secondary N) is 1. The highest BCUT2D eigenvalue weighted by atomic mass is 32.2. The number of carbonyl (C=O) groups is 1. The first-order valence-electron chi connectivity index (χ1n) is 8.86. The molecule has 1 aliphatic carbocycles. The van der Waals surface area contributed by atoms with Crippen molar-refractivity contribution in [1.82, 2.24) is 5.32 Å². The van der Waals surface area contributed by atoms with Crippen LogP contribution in [-0.2, 0) is 24.5 Å². The second kappa shape index (κ2) is 7.68. The Morgan fingerprint density at radius 3 is 2.31 bits per heavy atom. The van der Waals surface area contributed by atoms with Crippen LogP contribution in [0.1, 0.15) is 43.7 Å². The van der Waals surface area contributed by atoms with Crippen LogP contribution in [0.5, 0.6) is 0 Å². The third-order valence-corrected chi connectivity index (χ3v) is 9.46. The van der Waals surface area contributed by atoms with Crippen molar-refractivity contribution < 1.29 is 21.6 Å². The van der Waals surface area contributed by atoms with E-state index in [-0.39, 0.29) is 35.8 Å². The predicted molar refractivity (Wildman–Crippen MR) is 102 cm³/mol. The zero-order chi connectivity index (χ0) is 19.6. The highest BCUT2D eigenvalue weighted by Crippen LogP contribution is 2.41. The van der Waals surface area contributed by atoms with Gasteiger partial charge in [-0.25, -0.2) is 16.8 Å². The smallest absolute Gasteiger partial charge is 0.241 e. The Bertz CT molecular complexity index is 882. The Morgan fingerprint density at radius 1 is 1.12 bits per heavy atom. The molecule has 1 N–H and O–H groups in total. The van der Waals surface area contributed by atoms with Crippen LogP contribution in [0, 0.1) is 13.8 Å². The molecule has 0 atom stereocenters. The lowest BCUT2D eigenvalue weighted by Crippen LogP contribution is -2.51. The molecule has 146 valence electrons. The van der Waals surface area contributed by atoms with E-state index in [1.807, 2.05) is 13.0 Å². The Balaban J connectivity index is 2.34. The van der Waals surface area contributed by atoms with E-state index in [9.17, 15) is 21.6 Å². The molecule has 0 radical (unpaired) electrons. The monoisotopic (exact) mass is 401 g/mol. The van der Waals surface area contributed by atoms with Crippen LogP contribution in [0.15, 0.2) is 23.1 Å². The summed E-state index contributed by atoms with van der Waals surface area (Å²) >= 11 is 0. The zero-order valence-corrected chi connectivity index (χ0v) is 17.2. The highest BCUT2D eigenvalue weighted by molar-refractivity contribution is 7.93. The van der Waals surface area contributed by atoms with Gasteiger partial charge in [0.1, 0.15) is 0 Å². The first-order chi connectivity index (χ1) is 12.1. The molecule has 0 aromatic heterocycles. The average molecular weight is 402 g/mol. The number of benzene rings is 1. The molecule has 0 saturated heterocycles. The number of hydrogen-bond donors (Lipinski definition) is 1. The van der Waals surface area contributed by atoms with Crippen molar-refractivity contribution >= 4 is 25.6 Å². The number of carbonyl (C=O) groups excluding carboxylic acids is 1. The van der Waals surface area contributed by atoms with Gasteiger partial charge in [0, 0.05) is 12.3 Å². The van der Waals surface area contributed by atoms with Crippen LogP contribution in [-0.4, -0.2) is 45.5 Å². The van der Waals surface area contributed by atoms with Crippen molar-refractivity contribution in [2.24, 2.45) is 0 Å². The summed E-state index contributed by atoms with van der Waals surface area (Å²) in [5, 5.41) is 2.57. The van der Waals surface area contributed by atoms with Crippen molar-refractivity contribution in [2.75, 3.05) is 18.1 Å². The number of hydrogen-bond acceptors (Lipinski definition) is 5. The second-order valence-electron chi connectivity index (χ2n) is 6.97. The largest absolute Gasteiger partial charge is 0.354 e. The van der Waals surface area contributed by atoms with Gasteiger partial charge in [-0.15, -0.1) is 0 Å². The Labute approximate surface area is 156 Å². The fraction of sp³-hybridized carbons (Fsp3) is 0.611. The summed E-state index contributed by atoms with van der Waals surface area (Å²) in [6.45, 7) is 5.01. The van der Waals surface area contributed by atoms with Gasteiger partial charge in [-0.05, 0) is 43.9 Å². The first kappa shape index (κ1) is 20.9. The molecular formula is C18H27NO5S2. The van der Waals surface area contributed by atoms with Crippen LogP contribution in [0.2, 0.25) is 0 Å². The van der Waals surface area contributed by atoms with Crippen LogP contribution < -0.4 is 5.32 Å². The van der Waals surface area contributed by atoms with Crippen LogP contribution >= 0.6 is 0 Å². The van der Waals surface area contributed by atoms with Gasteiger partial charge >= 0.3 is 0 Å². The highest BCUT2D eigenvalue weighted by Gasteiger charge is 2.53. The quantitative estimate of drug-likeness (QED) is 0.753. The van der Waals surface area contributed by atoms with Gasteiger partial charge in [0.05, 0.1) is 10.6 Å². The van der Waals surface area contributed by atoms with Gasteiger partial charge < -0.3 is 5.32 Å². The SMILES string of the molecule is CCS(=O)(=O)CCNC(=O)C1(S(=O)(=O)c2cc(C)ccc2C)CCCC1. The van der Waals surface area contributed by atoms with Crippen molar-refractivity contribution in [3.8, 4) is 0 Å². The van der Waals surface area contributed by atoms with E-state index in [1.54, 1.807) is 26.0 Å². The van der Waals surface area contributed by atoms with Crippen molar-refractivity contribution in [1.29, 1.82) is 0 Å². The Hall–Kier alpha value is -1.41. The first-order valence-corrected chi connectivity index (χ1v) is 12.2. The summed E-state index contributed by atoms with van der Waals surface area (Å²) in [7, 11) is -7.11. The third kappa shape index (κ3) is 3.96. The van der Waals surface area contributed by atoms with E-state index in [4.69, 9.17) is 0 Å². The van der Waals surface area contributed by atoms with Gasteiger partial charge in [-0.1, -0.05) is 31.9 Å². The fourth-order valence-corrected chi connectivity index (χ4v) is 6.49. The molecular weight excluding hydrogens is 374 g/mol. The molecule has 0 aliphatic heterocycles. The zero-order valence-electron chi connectivity index (χ0n) is 15.5. The maximum Gasteiger partial charge on any atom is 0.241 e. The minimum Gasteiger partial charge on any atom is -0.354 e. The molecule has 0 unspecified atom stereocenters. The van der Waals surface area contributed by atoms with E-state index in [2.05, 4.69) is 5.32 Å². The molecule has 8 heteroatoms. The maximum absolute atomic E-state index is 13.4. The van der Waals surface area contributed by atoms with E-state index in [0.717, 1.165) is 5.56 Å². The van der Waals surface area contributed by atoms with Crippen molar-refractivity contribution in [3.05, 3.63) is 29.3 Å². The van der Waals surface area contributed by atoms with Gasteiger partial charge in [0.25, 0.3) is 0 Å². The summed E-state index contributed by atoms with van der Waals surface area (Å²) in [6, 6.07) is 5.20. The maximum atomic E-state index is 13.4. The van der Waals surface area contributed by atoms with Crippen LogP contribution in [0.25, 0.3) is 0 Å². The average Bonchev–Trinajstić information content (AvgIpc) is 3.08. The molecule has 1 aromatic carbocycles. The molecule has 1 fully saturated rings. The van der Waals surface area contributed by atoms with Gasteiger partial charge in [-0.3, -0.25) is 4.79 Å². The van der Waals surface area contributed by atoms with Gasteiger partial charge in [0.15, 0.2) is 24.4 Å². The fourth-order valence-electron chi connectivity index (χ4n) is 3.40. The van der Waals surface area contributed by atoms with E-state index in [0.29, 0.717) is 18.4 Å². The topological polar surface area (TPSA) is 97.4 Å². The predicted octanol–water partition coefficient (Wildman–Crippen LogP) is 1.94. The molecule has 0 bridgehead atoms. The van der Waals surface area contributed by atoms with Gasteiger partial charge in [0.2, 0.25) is 5.91 Å². The third-order valence-electron chi connectivity index (χ3n) is 5.11. The van der Waals surface area contributed by atoms with E-state index in [1.165, 1.54) is 0 Å². The molecule has 0 heterocycles. The summed E-state index contributed by atoms with van der Waals surface area (Å²) in [5.74, 6) is -0.772. The normalized spacial score (nSPS) is 17.2. The lowest BCUT2D eigenvalue weighted by atomic mass is 10.1. The van der Waals surface area contributed by atoms with Crippen molar-refractivity contribution in [2.45, 2.75) is 56.1 Å². The molecule has 1 aromatic rings. The number of amides is 1. The molecule has 1 aliphatic rings. The Kier molecular flexibility index (Phi) is 6.17. The lowest BCUT2D eigenvalue weighted by molar-refractivity contribution is -0.123. The number of sulfone groups is 2. The standard InChI is InChI=1S/C18H27NO5S2/c1-4-25(21,22)12-11-19-17(20)18(9-5-6-10-18)26(23,24)16-13-14(2)7-8-15(16)3/h7-8,13H,4-6,9-12H2,1-3H3,(H,19,20). The van der Waals surface area contributed by atoms with Gasteiger partial charge in [-0.2, -0.15) is 0 Å². The van der Waals surface area contributed by atoms with Crippen LogP contribution in [0.3, 0.4) is 0 Å². The molecule has 1 saturated carbocycles. The molecule has 1 amide bonds. The molecule has 6 nitrogen and oxygen atoms in total. The van der Waals surface area contributed by atoms with Crippen molar-refractivity contribution in [3.63, 3.8) is 0 Å². The number of rotatable bonds is 7. The van der Waals surface area contributed by atoms with E-state index >= 15 is 0 Å². The summed E-state index contributed by atoms with van der Waals surface area (Å²) in [5.41, 5.74) is 1.43. The molecule has 26 heavy (non-hydrogen) atoms. The lowest BCUT2D eigenvalue weighted by Gasteiger charge is -2.28.